The molecule has 0 saturated heterocycles. The molecule has 0 atom stereocenters. The van der Waals surface area contributed by atoms with Gasteiger partial charge in [-0.1, -0.05) is 52.0 Å². The van der Waals surface area contributed by atoms with Gasteiger partial charge in [0, 0.05) is 0 Å². The number of aliphatic hydroxyl groups is 1. The number of hydrogen-bond donors (Lipinski definition) is 1. The van der Waals surface area contributed by atoms with Crippen molar-refractivity contribution in [3.8, 4) is 0 Å². The van der Waals surface area contributed by atoms with E-state index in [1.807, 2.05) is 0 Å². The van der Waals surface area contributed by atoms with Crippen molar-refractivity contribution >= 4 is 11.9 Å². The van der Waals surface area contributed by atoms with E-state index in [-0.39, 0.29) is 30.7 Å². The second-order valence-electron chi connectivity index (χ2n) is 8.95. The third-order valence-corrected chi connectivity index (χ3v) is 6.92. The van der Waals surface area contributed by atoms with Crippen molar-refractivity contribution in [1.82, 2.24) is 0 Å². The van der Waals surface area contributed by atoms with E-state index in [1.54, 1.807) is 0 Å². The largest absolute Gasteiger partial charge is 0.462 e. The van der Waals surface area contributed by atoms with Gasteiger partial charge in [-0.25, -0.2) is 4.79 Å². The standard InChI is InChI=1S/C24H40O5/c1-3-4-5-6-19-7-9-20(10-8-19)21-11-13-22(14-12-21)24(27)29-16-15-28-23(26)18(2)17-25/h19-22,25H,2-17H2,1H3. The molecule has 0 spiro atoms. The Balaban J connectivity index is 1.58. The number of carbonyl (C=O) groups is 2. The fourth-order valence-corrected chi connectivity index (χ4v) is 5.02. The number of aliphatic hydroxyl groups excluding tert-OH is 1. The number of carbonyl (C=O) groups excluding carboxylic acids is 2. The van der Waals surface area contributed by atoms with Crippen molar-refractivity contribution in [3.05, 3.63) is 12.2 Å². The summed E-state index contributed by atoms with van der Waals surface area (Å²) in [6.07, 6.45) is 15.2. The summed E-state index contributed by atoms with van der Waals surface area (Å²) < 4.78 is 10.2. The minimum absolute atomic E-state index is 0.000432. The summed E-state index contributed by atoms with van der Waals surface area (Å²) >= 11 is 0. The van der Waals surface area contributed by atoms with Gasteiger partial charge in [0.25, 0.3) is 0 Å². The number of hydrogen-bond acceptors (Lipinski definition) is 5. The summed E-state index contributed by atoms with van der Waals surface area (Å²) in [6, 6.07) is 0. The molecule has 0 heterocycles. The van der Waals surface area contributed by atoms with E-state index in [9.17, 15) is 9.59 Å². The Morgan fingerprint density at radius 2 is 1.48 bits per heavy atom. The highest BCUT2D eigenvalue weighted by atomic mass is 16.6. The maximum atomic E-state index is 12.3. The Bertz CT molecular complexity index is 513. The average Bonchev–Trinajstić information content (AvgIpc) is 2.76. The second kappa shape index (κ2) is 13.0. The average molecular weight is 409 g/mol. The van der Waals surface area contributed by atoms with Crippen molar-refractivity contribution in [3.63, 3.8) is 0 Å². The van der Waals surface area contributed by atoms with Crippen molar-refractivity contribution < 1.29 is 24.2 Å². The summed E-state index contributed by atoms with van der Waals surface area (Å²) in [4.78, 5) is 23.6. The third kappa shape index (κ3) is 8.12. The van der Waals surface area contributed by atoms with Crippen LogP contribution in [0.1, 0.15) is 84.0 Å². The Morgan fingerprint density at radius 3 is 2.07 bits per heavy atom. The van der Waals surface area contributed by atoms with Gasteiger partial charge in [-0.2, -0.15) is 0 Å². The summed E-state index contributed by atoms with van der Waals surface area (Å²) in [5.41, 5.74) is 0.00430. The molecule has 0 aromatic carbocycles. The lowest BCUT2D eigenvalue weighted by molar-refractivity contribution is -0.155. The fraction of sp³-hybridized carbons (Fsp3) is 0.833. The van der Waals surface area contributed by atoms with Crippen LogP contribution in [-0.2, 0) is 19.1 Å². The SMILES string of the molecule is C=C(CO)C(=O)OCCOC(=O)C1CCC(C2CCC(CCCCC)CC2)CC1. The van der Waals surface area contributed by atoms with Crippen molar-refractivity contribution in [2.24, 2.45) is 23.7 Å². The first-order valence-corrected chi connectivity index (χ1v) is 11.7. The first-order chi connectivity index (χ1) is 14.0. The number of esters is 2. The molecule has 5 nitrogen and oxygen atoms in total. The molecule has 0 aliphatic heterocycles. The Morgan fingerprint density at radius 1 is 0.897 bits per heavy atom. The quantitative estimate of drug-likeness (QED) is 0.302. The lowest BCUT2D eigenvalue weighted by Crippen LogP contribution is -2.29. The van der Waals surface area contributed by atoms with Gasteiger partial charge in [0.1, 0.15) is 13.2 Å². The summed E-state index contributed by atoms with van der Waals surface area (Å²) in [5.74, 6) is 1.76. The van der Waals surface area contributed by atoms with Crippen LogP contribution in [-0.4, -0.2) is 36.9 Å². The molecule has 0 unspecified atom stereocenters. The first kappa shape index (κ1) is 23.9. The van der Waals surface area contributed by atoms with Gasteiger partial charge in [0.05, 0.1) is 18.1 Å². The van der Waals surface area contributed by atoms with Gasteiger partial charge in [0.2, 0.25) is 0 Å². The van der Waals surface area contributed by atoms with Crippen molar-refractivity contribution in [2.75, 3.05) is 19.8 Å². The smallest absolute Gasteiger partial charge is 0.335 e. The van der Waals surface area contributed by atoms with Crippen LogP contribution in [0.4, 0.5) is 0 Å². The molecule has 2 aliphatic carbocycles. The predicted molar refractivity (Wildman–Crippen MR) is 113 cm³/mol. The van der Waals surface area contributed by atoms with Gasteiger partial charge < -0.3 is 14.6 Å². The number of rotatable bonds is 11. The Kier molecular flexibility index (Phi) is 10.8. The molecule has 2 saturated carbocycles. The van der Waals surface area contributed by atoms with E-state index < -0.39 is 12.6 Å². The molecule has 166 valence electrons. The molecule has 1 N–H and O–H groups in total. The topological polar surface area (TPSA) is 72.8 Å². The van der Waals surface area contributed by atoms with Crippen LogP contribution < -0.4 is 0 Å². The van der Waals surface area contributed by atoms with Crippen LogP contribution in [0.5, 0.6) is 0 Å². The van der Waals surface area contributed by atoms with Crippen LogP contribution in [0.15, 0.2) is 12.2 Å². The lowest BCUT2D eigenvalue weighted by Gasteiger charge is -2.37. The Hall–Kier alpha value is -1.36. The molecule has 2 rings (SSSR count). The predicted octanol–water partition coefficient (Wildman–Crippen LogP) is 4.81. The van der Waals surface area contributed by atoms with Gasteiger partial charge in [-0.3, -0.25) is 4.79 Å². The molecule has 5 heteroatoms. The third-order valence-electron chi connectivity index (χ3n) is 6.92. The van der Waals surface area contributed by atoms with E-state index in [1.165, 1.54) is 51.4 Å². The minimum atomic E-state index is -0.649. The minimum Gasteiger partial charge on any atom is -0.462 e. The van der Waals surface area contributed by atoms with Crippen molar-refractivity contribution in [2.45, 2.75) is 84.0 Å². The number of unbranched alkanes of at least 4 members (excludes halogenated alkanes) is 2. The zero-order valence-electron chi connectivity index (χ0n) is 18.2. The van der Waals surface area contributed by atoms with E-state index >= 15 is 0 Å². The monoisotopic (exact) mass is 408 g/mol. The normalized spacial score (nSPS) is 27.2. The van der Waals surface area contributed by atoms with Gasteiger partial charge in [0.15, 0.2) is 0 Å². The van der Waals surface area contributed by atoms with E-state index in [0.717, 1.165) is 43.4 Å². The summed E-state index contributed by atoms with van der Waals surface area (Å²) in [5, 5.41) is 8.81. The highest BCUT2D eigenvalue weighted by Gasteiger charge is 2.33. The molecular weight excluding hydrogens is 368 g/mol. The van der Waals surface area contributed by atoms with Gasteiger partial charge in [-0.05, 0) is 56.3 Å². The van der Waals surface area contributed by atoms with Gasteiger partial charge >= 0.3 is 11.9 Å². The van der Waals surface area contributed by atoms with E-state index in [2.05, 4.69) is 13.5 Å². The molecule has 2 aliphatic rings. The van der Waals surface area contributed by atoms with Crippen LogP contribution in [0.25, 0.3) is 0 Å². The molecule has 29 heavy (non-hydrogen) atoms. The first-order valence-electron chi connectivity index (χ1n) is 11.7. The maximum absolute atomic E-state index is 12.3. The van der Waals surface area contributed by atoms with Crippen LogP contribution in [0.3, 0.4) is 0 Å². The molecule has 2 fully saturated rings. The van der Waals surface area contributed by atoms with Crippen LogP contribution in [0, 0.1) is 23.7 Å². The molecule has 0 bridgehead atoms. The molecular formula is C24H40O5. The second-order valence-corrected chi connectivity index (χ2v) is 8.95. The zero-order valence-corrected chi connectivity index (χ0v) is 18.2. The van der Waals surface area contributed by atoms with Gasteiger partial charge in [-0.15, -0.1) is 0 Å². The highest BCUT2D eigenvalue weighted by Crippen LogP contribution is 2.42. The maximum Gasteiger partial charge on any atom is 0.335 e. The zero-order chi connectivity index (χ0) is 21.1. The van der Waals surface area contributed by atoms with E-state index in [0.29, 0.717) is 0 Å². The van der Waals surface area contributed by atoms with E-state index in [4.69, 9.17) is 14.6 Å². The number of ether oxygens (including phenoxy) is 2. The Labute approximate surface area is 176 Å². The van der Waals surface area contributed by atoms with Crippen LogP contribution in [0.2, 0.25) is 0 Å². The summed E-state index contributed by atoms with van der Waals surface area (Å²) in [7, 11) is 0. The molecule has 0 radical (unpaired) electrons. The molecule has 0 amide bonds. The van der Waals surface area contributed by atoms with Crippen molar-refractivity contribution in [1.29, 1.82) is 0 Å². The van der Waals surface area contributed by atoms with Crippen LogP contribution >= 0.6 is 0 Å². The lowest BCUT2D eigenvalue weighted by atomic mass is 9.68. The summed E-state index contributed by atoms with van der Waals surface area (Å²) in [6.45, 7) is 5.30. The highest BCUT2D eigenvalue weighted by molar-refractivity contribution is 5.87. The fourth-order valence-electron chi connectivity index (χ4n) is 5.02. The molecule has 0 aromatic heterocycles. The molecule has 0 aromatic rings.